The van der Waals surface area contributed by atoms with E-state index in [0.29, 0.717) is 13.1 Å². The van der Waals surface area contributed by atoms with Crippen LogP contribution in [0.15, 0.2) is 0 Å². The van der Waals surface area contributed by atoms with Crippen LogP contribution in [0.25, 0.3) is 0 Å². The molecule has 0 radical (unpaired) electrons. The maximum absolute atomic E-state index is 12.4. The van der Waals surface area contributed by atoms with Gasteiger partial charge in [0.15, 0.2) is 0 Å². The number of hydrogen-bond donors (Lipinski definition) is 2. The SMILES string of the molecule is CCCNS(=O)(=O)N1CCCCC1C1CCCCC1O. The first-order valence-electron chi connectivity index (χ1n) is 8.00. The Morgan fingerprint density at radius 2 is 1.85 bits per heavy atom. The van der Waals surface area contributed by atoms with Gasteiger partial charge in [0.1, 0.15) is 0 Å². The highest BCUT2D eigenvalue weighted by Gasteiger charge is 2.40. The van der Waals surface area contributed by atoms with E-state index in [9.17, 15) is 13.5 Å². The van der Waals surface area contributed by atoms with E-state index in [-0.39, 0.29) is 18.1 Å². The van der Waals surface area contributed by atoms with Crippen LogP contribution in [-0.4, -0.2) is 43.1 Å². The third-order valence-electron chi connectivity index (χ3n) is 4.62. The number of nitrogens with one attached hydrogen (secondary N) is 1. The van der Waals surface area contributed by atoms with Crippen molar-refractivity contribution in [3.8, 4) is 0 Å². The topological polar surface area (TPSA) is 69.6 Å². The normalized spacial score (nSPS) is 33.2. The fourth-order valence-electron chi connectivity index (χ4n) is 3.56. The lowest BCUT2D eigenvalue weighted by Gasteiger charge is -2.42. The van der Waals surface area contributed by atoms with Gasteiger partial charge in [0.05, 0.1) is 6.10 Å². The molecule has 5 nitrogen and oxygen atoms in total. The standard InChI is InChI=1S/C14H28N2O3S/c1-2-10-15-20(18,19)16-11-6-5-8-13(16)12-7-3-4-9-14(12)17/h12-15,17H,2-11H2,1H3. The summed E-state index contributed by atoms with van der Waals surface area (Å²) in [6.07, 6.45) is 7.26. The predicted octanol–water partition coefficient (Wildman–Crippen LogP) is 1.64. The zero-order valence-electron chi connectivity index (χ0n) is 12.4. The highest BCUT2D eigenvalue weighted by Crippen LogP contribution is 2.34. The van der Waals surface area contributed by atoms with Crippen LogP contribution in [0.1, 0.15) is 58.3 Å². The first-order valence-corrected chi connectivity index (χ1v) is 9.44. The summed E-state index contributed by atoms with van der Waals surface area (Å²) in [7, 11) is -3.40. The molecule has 1 heterocycles. The van der Waals surface area contributed by atoms with Crippen LogP contribution >= 0.6 is 0 Å². The molecule has 0 aromatic heterocycles. The molecule has 1 saturated heterocycles. The van der Waals surface area contributed by atoms with Crippen LogP contribution in [0.3, 0.4) is 0 Å². The van der Waals surface area contributed by atoms with E-state index >= 15 is 0 Å². The Kier molecular flexibility index (Phi) is 5.84. The van der Waals surface area contributed by atoms with Gasteiger partial charge in [-0.05, 0) is 32.1 Å². The van der Waals surface area contributed by atoms with Crippen LogP contribution < -0.4 is 4.72 Å². The molecule has 1 saturated carbocycles. The van der Waals surface area contributed by atoms with Gasteiger partial charge in [-0.15, -0.1) is 0 Å². The minimum Gasteiger partial charge on any atom is -0.393 e. The molecular weight excluding hydrogens is 276 g/mol. The van der Waals surface area contributed by atoms with Gasteiger partial charge in [0.25, 0.3) is 10.2 Å². The molecule has 0 aromatic rings. The molecule has 3 unspecified atom stereocenters. The highest BCUT2D eigenvalue weighted by molar-refractivity contribution is 7.87. The van der Waals surface area contributed by atoms with Crippen molar-refractivity contribution >= 4 is 10.2 Å². The van der Waals surface area contributed by atoms with Crippen molar-refractivity contribution < 1.29 is 13.5 Å². The molecule has 2 N–H and O–H groups in total. The monoisotopic (exact) mass is 304 g/mol. The van der Waals surface area contributed by atoms with Crippen molar-refractivity contribution in [2.45, 2.75) is 70.4 Å². The van der Waals surface area contributed by atoms with Gasteiger partial charge < -0.3 is 5.11 Å². The lowest BCUT2D eigenvalue weighted by atomic mass is 9.79. The molecule has 6 heteroatoms. The van der Waals surface area contributed by atoms with E-state index in [4.69, 9.17) is 0 Å². The van der Waals surface area contributed by atoms with Crippen molar-refractivity contribution in [3.05, 3.63) is 0 Å². The van der Waals surface area contributed by atoms with E-state index in [0.717, 1.165) is 51.4 Å². The van der Waals surface area contributed by atoms with Gasteiger partial charge in [0, 0.05) is 25.0 Å². The minimum atomic E-state index is -3.40. The molecule has 0 amide bonds. The zero-order valence-corrected chi connectivity index (χ0v) is 13.2. The lowest BCUT2D eigenvalue weighted by molar-refractivity contribution is 0.0201. The average Bonchev–Trinajstić information content (AvgIpc) is 2.46. The van der Waals surface area contributed by atoms with Crippen LogP contribution in [0.5, 0.6) is 0 Å². The molecule has 2 rings (SSSR count). The zero-order chi connectivity index (χ0) is 14.6. The molecule has 0 spiro atoms. The van der Waals surface area contributed by atoms with Crippen LogP contribution in [-0.2, 0) is 10.2 Å². The van der Waals surface area contributed by atoms with Crippen molar-refractivity contribution in [2.75, 3.05) is 13.1 Å². The quantitative estimate of drug-likeness (QED) is 0.811. The number of piperidine rings is 1. The lowest BCUT2D eigenvalue weighted by Crippen LogP contribution is -2.54. The summed E-state index contributed by atoms with van der Waals surface area (Å²) in [5.41, 5.74) is 0. The largest absolute Gasteiger partial charge is 0.393 e. The van der Waals surface area contributed by atoms with Crippen LogP contribution in [0, 0.1) is 5.92 Å². The van der Waals surface area contributed by atoms with Crippen LogP contribution in [0.2, 0.25) is 0 Å². The van der Waals surface area contributed by atoms with E-state index in [1.807, 2.05) is 6.92 Å². The Labute approximate surface area is 122 Å². The van der Waals surface area contributed by atoms with Gasteiger partial charge in [-0.1, -0.05) is 26.2 Å². The van der Waals surface area contributed by atoms with Gasteiger partial charge in [-0.25, -0.2) is 4.72 Å². The Balaban J connectivity index is 2.12. The van der Waals surface area contributed by atoms with Gasteiger partial charge in [0.2, 0.25) is 0 Å². The molecule has 2 aliphatic rings. The fourth-order valence-corrected chi connectivity index (χ4v) is 5.18. The Morgan fingerprint density at radius 3 is 2.55 bits per heavy atom. The second kappa shape index (κ2) is 7.20. The van der Waals surface area contributed by atoms with E-state index in [1.165, 1.54) is 0 Å². The van der Waals surface area contributed by atoms with Crippen molar-refractivity contribution in [1.29, 1.82) is 0 Å². The minimum absolute atomic E-state index is 0.0200. The maximum atomic E-state index is 12.4. The smallest absolute Gasteiger partial charge is 0.279 e. The number of aliphatic hydroxyl groups excluding tert-OH is 1. The predicted molar refractivity (Wildman–Crippen MR) is 79.5 cm³/mol. The second-order valence-corrected chi connectivity index (χ2v) is 7.80. The van der Waals surface area contributed by atoms with E-state index in [2.05, 4.69) is 4.72 Å². The van der Waals surface area contributed by atoms with Crippen LogP contribution in [0.4, 0.5) is 0 Å². The summed E-state index contributed by atoms with van der Waals surface area (Å²) < 4.78 is 29.2. The first-order chi connectivity index (χ1) is 9.56. The molecule has 1 aliphatic heterocycles. The molecule has 3 atom stereocenters. The molecule has 20 heavy (non-hydrogen) atoms. The summed E-state index contributed by atoms with van der Waals surface area (Å²) in [6, 6.07) is -0.0200. The maximum Gasteiger partial charge on any atom is 0.279 e. The number of hydrogen-bond acceptors (Lipinski definition) is 3. The van der Waals surface area contributed by atoms with Crippen molar-refractivity contribution in [1.82, 2.24) is 9.03 Å². The third kappa shape index (κ3) is 3.72. The van der Waals surface area contributed by atoms with Gasteiger partial charge >= 0.3 is 0 Å². The van der Waals surface area contributed by atoms with Crippen molar-refractivity contribution in [3.63, 3.8) is 0 Å². The number of nitrogens with zero attached hydrogens (tertiary/aromatic N) is 1. The fraction of sp³-hybridized carbons (Fsp3) is 1.00. The number of aliphatic hydroxyl groups is 1. The molecule has 118 valence electrons. The number of rotatable bonds is 5. The van der Waals surface area contributed by atoms with Gasteiger partial charge in [-0.2, -0.15) is 12.7 Å². The molecular formula is C14H28N2O3S. The Morgan fingerprint density at radius 1 is 1.15 bits per heavy atom. The summed E-state index contributed by atoms with van der Waals surface area (Å²) in [5.74, 6) is 0.113. The van der Waals surface area contributed by atoms with E-state index < -0.39 is 10.2 Å². The Bertz CT molecular complexity index is 399. The van der Waals surface area contributed by atoms with E-state index in [1.54, 1.807) is 4.31 Å². The summed E-state index contributed by atoms with van der Waals surface area (Å²) >= 11 is 0. The van der Waals surface area contributed by atoms with Crippen molar-refractivity contribution in [2.24, 2.45) is 5.92 Å². The summed E-state index contributed by atoms with van der Waals surface area (Å²) in [4.78, 5) is 0. The average molecular weight is 304 g/mol. The third-order valence-corrected chi connectivity index (χ3v) is 6.26. The first kappa shape index (κ1) is 16.2. The molecule has 0 bridgehead atoms. The molecule has 1 aliphatic carbocycles. The second-order valence-electron chi connectivity index (χ2n) is 6.09. The summed E-state index contributed by atoms with van der Waals surface area (Å²) in [6.45, 7) is 3.03. The Hall–Kier alpha value is -0.170. The molecule has 2 fully saturated rings. The van der Waals surface area contributed by atoms with Gasteiger partial charge in [-0.3, -0.25) is 0 Å². The summed E-state index contributed by atoms with van der Waals surface area (Å²) in [5, 5.41) is 10.2. The molecule has 0 aromatic carbocycles. The highest BCUT2D eigenvalue weighted by atomic mass is 32.2.